The monoisotopic (exact) mass is 326 g/mol. The minimum atomic E-state index is -2.50. The van der Waals surface area contributed by atoms with E-state index in [2.05, 4.69) is 0 Å². The fourth-order valence-electron chi connectivity index (χ4n) is 1.64. The van der Waals surface area contributed by atoms with Crippen molar-refractivity contribution in [1.29, 1.82) is 0 Å². The Bertz CT molecular complexity index is 747. The van der Waals surface area contributed by atoms with Gasteiger partial charge in [-0.1, -0.05) is 0 Å². The predicted octanol–water partition coefficient (Wildman–Crippen LogP) is 4.03. The maximum atomic E-state index is 13.4. The Kier molecular flexibility index (Phi) is 3.90. The van der Waals surface area contributed by atoms with Crippen LogP contribution < -0.4 is 0 Å². The molecule has 2 aromatic carbocycles. The molecular weight excluding hydrogens is 324 g/mol. The van der Waals surface area contributed by atoms with Crippen LogP contribution in [0.15, 0.2) is 12.1 Å². The number of halogens is 8. The van der Waals surface area contributed by atoms with Crippen LogP contribution in [0.25, 0.3) is 0 Å². The van der Waals surface area contributed by atoms with Gasteiger partial charge in [0.2, 0.25) is 5.82 Å². The van der Waals surface area contributed by atoms with Gasteiger partial charge in [-0.05, 0) is 12.1 Å². The second kappa shape index (κ2) is 5.39. The highest BCUT2D eigenvalue weighted by Crippen LogP contribution is 2.26. The third-order valence-electron chi connectivity index (χ3n) is 2.68. The van der Waals surface area contributed by atoms with Crippen molar-refractivity contribution in [3.8, 4) is 0 Å². The SMILES string of the molecule is O=C(c1cc(F)c(F)c(F)c1)c1c(F)c(F)c(F)c(F)c1F. The van der Waals surface area contributed by atoms with Crippen LogP contribution in [0.1, 0.15) is 15.9 Å². The summed E-state index contributed by atoms with van der Waals surface area (Å²) in [6, 6.07) is 0.136. The molecule has 0 unspecified atom stereocenters. The first-order valence-electron chi connectivity index (χ1n) is 5.37. The van der Waals surface area contributed by atoms with Crippen LogP contribution in [0.2, 0.25) is 0 Å². The van der Waals surface area contributed by atoms with Gasteiger partial charge in [-0.15, -0.1) is 0 Å². The summed E-state index contributed by atoms with van der Waals surface area (Å²) in [5.41, 5.74) is -3.03. The van der Waals surface area contributed by atoms with Crippen molar-refractivity contribution in [2.75, 3.05) is 0 Å². The molecule has 0 aliphatic heterocycles. The maximum absolute atomic E-state index is 13.4. The number of rotatable bonds is 2. The molecule has 0 fully saturated rings. The van der Waals surface area contributed by atoms with Crippen LogP contribution in [0.4, 0.5) is 35.1 Å². The molecule has 116 valence electrons. The third-order valence-corrected chi connectivity index (χ3v) is 2.68. The van der Waals surface area contributed by atoms with Crippen molar-refractivity contribution in [2.45, 2.75) is 0 Å². The molecule has 0 amide bonds. The number of benzene rings is 2. The molecule has 0 aliphatic rings. The van der Waals surface area contributed by atoms with E-state index in [0.717, 1.165) is 0 Å². The van der Waals surface area contributed by atoms with Crippen LogP contribution in [-0.2, 0) is 0 Å². The molecule has 0 aliphatic carbocycles. The van der Waals surface area contributed by atoms with Gasteiger partial charge in [-0.25, -0.2) is 35.1 Å². The molecule has 0 saturated carbocycles. The van der Waals surface area contributed by atoms with Gasteiger partial charge in [0.05, 0.1) is 0 Å². The van der Waals surface area contributed by atoms with Crippen LogP contribution in [-0.4, -0.2) is 5.78 Å². The Morgan fingerprint density at radius 3 is 1.36 bits per heavy atom. The van der Waals surface area contributed by atoms with Gasteiger partial charge in [0.1, 0.15) is 5.56 Å². The van der Waals surface area contributed by atoms with Crippen LogP contribution in [0.5, 0.6) is 0 Å². The fraction of sp³-hybridized carbons (Fsp3) is 0. The number of carbonyl (C=O) groups is 1. The van der Waals surface area contributed by atoms with Gasteiger partial charge in [0.15, 0.2) is 46.5 Å². The maximum Gasteiger partial charge on any atom is 0.200 e. The second-order valence-corrected chi connectivity index (χ2v) is 4.03. The molecule has 22 heavy (non-hydrogen) atoms. The normalized spacial score (nSPS) is 10.9. The molecule has 1 nitrogen and oxygen atoms in total. The van der Waals surface area contributed by atoms with Gasteiger partial charge in [-0.2, -0.15) is 0 Å². The summed E-state index contributed by atoms with van der Waals surface area (Å²) in [7, 11) is 0. The van der Waals surface area contributed by atoms with Gasteiger partial charge in [-0.3, -0.25) is 4.79 Å². The lowest BCUT2D eigenvalue weighted by Crippen LogP contribution is -2.14. The van der Waals surface area contributed by atoms with Gasteiger partial charge < -0.3 is 0 Å². The Hall–Kier alpha value is -2.45. The lowest BCUT2D eigenvalue weighted by atomic mass is 10.0. The average molecular weight is 326 g/mol. The highest BCUT2D eigenvalue weighted by atomic mass is 19.2. The standard InChI is InChI=1S/C13H2F8O/c14-4-1-3(2-5(15)7(4)16)13(22)6-8(17)10(19)12(21)11(20)9(6)18/h1-2H. The van der Waals surface area contributed by atoms with E-state index in [9.17, 15) is 39.9 Å². The predicted molar refractivity (Wildman–Crippen MR) is 56.0 cm³/mol. The van der Waals surface area contributed by atoms with Crippen molar-refractivity contribution in [1.82, 2.24) is 0 Å². The molecule has 9 heteroatoms. The molecule has 2 aromatic rings. The molecular formula is C13H2F8O. The number of ketones is 1. The topological polar surface area (TPSA) is 17.1 Å². The van der Waals surface area contributed by atoms with E-state index in [-0.39, 0.29) is 12.1 Å². The van der Waals surface area contributed by atoms with Crippen molar-refractivity contribution >= 4 is 5.78 Å². The fourth-order valence-corrected chi connectivity index (χ4v) is 1.64. The Balaban J connectivity index is 2.70. The van der Waals surface area contributed by atoms with Gasteiger partial charge in [0.25, 0.3) is 0 Å². The molecule has 0 radical (unpaired) electrons. The first kappa shape index (κ1) is 15.9. The van der Waals surface area contributed by atoms with E-state index in [1.165, 1.54) is 0 Å². The highest BCUT2D eigenvalue weighted by Gasteiger charge is 2.31. The molecule has 0 saturated heterocycles. The number of hydrogen-bond donors (Lipinski definition) is 0. The summed E-state index contributed by atoms with van der Waals surface area (Å²) in [5, 5.41) is 0. The highest BCUT2D eigenvalue weighted by molar-refractivity contribution is 6.09. The van der Waals surface area contributed by atoms with E-state index >= 15 is 0 Å². The molecule has 0 atom stereocenters. The van der Waals surface area contributed by atoms with E-state index in [4.69, 9.17) is 0 Å². The summed E-state index contributed by atoms with van der Waals surface area (Å²) >= 11 is 0. The van der Waals surface area contributed by atoms with Crippen molar-refractivity contribution < 1.29 is 39.9 Å². The molecule has 0 N–H and O–H groups in total. The smallest absolute Gasteiger partial charge is 0.200 e. The lowest BCUT2D eigenvalue weighted by Gasteiger charge is -2.08. The summed E-state index contributed by atoms with van der Waals surface area (Å²) in [5.74, 6) is -19.8. The number of carbonyl (C=O) groups excluding carboxylic acids is 1. The van der Waals surface area contributed by atoms with Crippen LogP contribution >= 0.6 is 0 Å². The summed E-state index contributed by atoms with van der Waals surface area (Å²) in [6.07, 6.45) is 0. The summed E-state index contributed by atoms with van der Waals surface area (Å²) < 4.78 is 104. The minimum Gasteiger partial charge on any atom is -0.288 e. The van der Waals surface area contributed by atoms with Crippen molar-refractivity contribution in [3.05, 3.63) is 69.8 Å². The molecule has 0 aromatic heterocycles. The van der Waals surface area contributed by atoms with E-state index in [1.807, 2.05) is 0 Å². The second-order valence-electron chi connectivity index (χ2n) is 4.03. The first-order chi connectivity index (χ1) is 10.2. The third kappa shape index (κ3) is 2.32. The van der Waals surface area contributed by atoms with E-state index in [1.54, 1.807) is 0 Å². The lowest BCUT2D eigenvalue weighted by molar-refractivity contribution is 0.102. The van der Waals surface area contributed by atoms with Gasteiger partial charge in [0, 0.05) is 5.56 Å². The quantitative estimate of drug-likeness (QED) is 0.352. The average Bonchev–Trinajstić information content (AvgIpc) is 2.48. The van der Waals surface area contributed by atoms with Crippen molar-refractivity contribution in [2.24, 2.45) is 0 Å². The zero-order valence-corrected chi connectivity index (χ0v) is 10.1. The molecule has 0 bridgehead atoms. The minimum absolute atomic E-state index is 0.0682. The number of hydrogen-bond acceptors (Lipinski definition) is 1. The van der Waals surface area contributed by atoms with Crippen molar-refractivity contribution in [3.63, 3.8) is 0 Å². The molecule has 0 heterocycles. The summed E-state index contributed by atoms with van der Waals surface area (Å²) in [4.78, 5) is 11.7. The summed E-state index contributed by atoms with van der Waals surface area (Å²) in [6.45, 7) is 0. The molecule has 2 rings (SSSR count). The van der Waals surface area contributed by atoms with Crippen LogP contribution in [0.3, 0.4) is 0 Å². The van der Waals surface area contributed by atoms with Gasteiger partial charge >= 0.3 is 0 Å². The first-order valence-corrected chi connectivity index (χ1v) is 5.37. The largest absolute Gasteiger partial charge is 0.288 e. The Morgan fingerprint density at radius 1 is 0.591 bits per heavy atom. The van der Waals surface area contributed by atoms with Crippen LogP contribution in [0, 0.1) is 46.5 Å². The zero-order valence-electron chi connectivity index (χ0n) is 10.1. The Labute approximate surface area is 116 Å². The molecule has 0 spiro atoms. The van der Waals surface area contributed by atoms with E-state index < -0.39 is 63.4 Å². The Morgan fingerprint density at radius 2 is 0.955 bits per heavy atom. The van der Waals surface area contributed by atoms with E-state index in [0.29, 0.717) is 0 Å². The zero-order chi connectivity index (χ0) is 16.8.